The zero-order valence-electron chi connectivity index (χ0n) is 13.2. The van der Waals surface area contributed by atoms with Crippen molar-refractivity contribution in [3.05, 3.63) is 42.5 Å². The summed E-state index contributed by atoms with van der Waals surface area (Å²) in [5.41, 5.74) is 0. The molecule has 0 aliphatic heterocycles. The topological polar surface area (TPSA) is 35.5 Å². The second-order valence-corrected chi connectivity index (χ2v) is 6.66. The number of hydrogen-bond donors (Lipinski definition) is 0. The summed E-state index contributed by atoms with van der Waals surface area (Å²) >= 11 is 5.82. The Hall–Kier alpha value is -1.74. The normalized spacial score (nSPS) is 22.5. The number of esters is 1. The molecule has 1 aliphatic carbocycles. The van der Waals surface area contributed by atoms with Crippen LogP contribution >= 0.6 is 11.6 Å². The number of alkyl halides is 1. The first-order chi connectivity index (χ1) is 11.1. The minimum absolute atomic E-state index is 0.117. The van der Waals surface area contributed by atoms with E-state index in [0.717, 1.165) is 42.2 Å². The van der Waals surface area contributed by atoms with Gasteiger partial charge in [-0.1, -0.05) is 36.4 Å². The molecule has 1 aliphatic rings. The fraction of sp³-hybridized carbons (Fsp3) is 0.421. The van der Waals surface area contributed by atoms with Crippen molar-refractivity contribution in [2.24, 2.45) is 0 Å². The molecule has 4 heteroatoms. The molecule has 2 aromatic carbocycles. The summed E-state index contributed by atoms with van der Waals surface area (Å²) < 4.78 is 11.8. The van der Waals surface area contributed by atoms with Crippen LogP contribution in [0.4, 0.5) is 0 Å². The van der Waals surface area contributed by atoms with E-state index in [1.807, 2.05) is 24.3 Å². The van der Waals surface area contributed by atoms with Crippen molar-refractivity contribution < 1.29 is 14.3 Å². The summed E-state index contributed by atoms with van der Waals surface area (Å²) in [7, 11) is 0. The van der Waals surface area contributed by atoms with E-state index in [2.05, 4.69) is 18.2 Å². The average Bonchev–Trinajstić information content (AvgIpc) is 2.57. The third-order valence-corrected chi connectivity index (χ3v) is 4.44. The van der Waals surface area contributed by atoms with E-state index in [9.17, 15) is 4.79 Å². The Balaban J connectivity index is 1.79. The first-order valence-electron chi connectivity index (χ1n) is 8.14. The molecule has 3 nitrogen and oxygen atoms in total. The lowest BCUT2D eigenvalue weighted by Crippen LogP contribution is -2.39. The monoisotopic (exact) mass is 332 g/mol. The zero-order chi connectivity index (χ0) is 16.2. The van der Waals surface area contributed by atoms with Gasteiger partial charge >= 0.3 is 5.97 Å². The van der Waals surface area contributed by atoms with Gasteiger partial charge in [0.05, 0.1) is 0 Å². The zero-order valence-corrected chi connectivity index (χ0v) is 14.0. The maximum Gasteiger partial charge on any atom is 0.324 e. The van der Waals surface area contributed by atoms with Crippen LogP contribution in [0.5, 0.6) is 5.75 Å². The van der Waals surface area contributed by atoms with Crippen LogP contribution in [0.2, 0.25) is 0 Å². The minimum atomic E-state index is -0.630. The molecule has 0 N–H and O–H groups in total. The van der Waals surface area contributed by atoms with Crippen molar-refractivity contribution in [2.75, 3.05) is 0 Å². The van der Waals surface area contributed by atoms with Crippen LogP contribution < -0.4 is 4.74 Å². The van der Waals surface area contributed by atoms with Crippen molar-refractivity contribution in [1.82, 2.24) is 0 Å². The summed E-state index contributed by atoms with van der Waals surface area (Å²) in [4.78, 5) is 11.8. The third kappa shape index (κ3) is 3.78. The molecule has 1 fully saturated rings. The van der Waals surface area contributed by atoms with Crippen LogP contribution in [0.1, 0.15) is 32.6 Å². The Morgan fingerprint density at radius 3 is 2.57 bits per heavy atom. The van der Waals surface area contributed by atoms with Crippen molar-refractivity contribution >= 4 is 28.3 Å². The SMILES string of the molecule is C[C@H](Cl)C(=O)O[C@H]1CCCC[C@@H]1Oc1cccc2ccccc12. The number of carbonyl (C=O) groups is 1. The maximum atomic E-state index is 11.8. The molecular formula is C19H21ClO3. The Bertz CT molecular complexity index is 678. The summed E-state index contributed by atoms with van der Waals surface area (Å²) in [5.74, 6) is 0.472. The highest BCUT2D eigenvalue weighted by Crippen LogP contribution is 2.31. The maximum absolute atomic E-state index is 11.8. The first-order valence-corrected chi connectivity index (χ1v) is 8.58. The smallest absolute Gasteiger partial charge is 0.324 e. The number of ether oxygens (including phenoxy) is 2. The highest BCUT2D eigenvalue weighted by atomic mass is 35.5. The van der Waals surface area contributed by atoms with Crippen molar-refractivity contribution in [3.8, 4) is 5.75 Å². The summed E-state index contributed by atoms with van der Waals surface area (Å²) in [6.45, 7) is 1.63. The van der Waals surface area contributed by atoms with Gasteiger partial charge in [0.1, 0.15) is 23.3 Å². The molecule has 0 radical (unpaired) electrons. The molecule has 0 heterocycles. The second-order valence-electron chi connectivity index (χ2n) is 6.01. The van der Waals surface area contributed by atoms with Crippen LogP contribution in [-0.4, -0.2) is 23.6 Å². The van der Waals surface area contributed by atoms with Crippen LogP contribution in [0.25, 0.3) is 10.8 Å². The molecule has 0 spiro atoms. The molecule has 122 valence electrons. The van der Waals surface area contributed by atoms with E-state index in [1.54, 1.807) is 6.92 Å². The predicted molar refractivity (Wildman–Crippen MR) is 92.0 cm³/mol. The van der Waals surface area contributed by atoms with Gasteiger partial charge in [0.25, 0.3) is 0 Å². The Morgan fingerprint density at radius 2 is 1.78 bits per heavy atom. The van der Waals surface area contributed by atoms with Crippen molar-refractivity contribution in [3.63, 3.8) is 0 Å². The highest BCUT2D eigenvalue weighted by Gasteiger charge is 2.31. The molecule has 0 saturated heterocycles. The average molecular weight is 333 g/mol. The Kier molecular flexibility index (Phi) is 5.06. The van der Waals surface area contributed by atoms with Crippen molar-refractivity contribution in [1.29, 1.82) is 0 Å². The first kappa shape index (κ1) is 16.1. The fourth-order valence-electron chi connectivity index (χ4n) is 3.04. The Morgan fingerprint density at radius 1 is 1.09 bits per heavy atom. The molecule has 3 atom stereocenters. The molecule has 0 unspecified atom stereocenters. The number of fused-ring (bicyclic) bond motifs is 1. The molecule has 1 saturated carbocycles. The molecule has 23 heavy (non-hydrogen) atoms. The Labute approximate surface area is 141 Å². The molecular weight excluding hydrogens is 312 g/mol. The van der Waals surface area contributed by atoms with Gasteiger partial charge in [-0.05, 0) is 44.1 Å². The summed E-state index contributed by atoms with van der Waals surface area (Å²) in [5, 5.41) is 1.59. The van der Waals surface area contributed by atoms with Gasteiger partial charge in [-0.2, -0.15) is 0 Å². The van der Waals surface area contributed by atoms with Gasteiger partial charge < -0.3 is 9.47 Å². The van der Waals surface area contributed by atoms with E-state index in [1.165, 1.54) is 0 Å². The quantitative estimate of drug-likeness (QED) is 0.601. The number of carbonyl (C=O) groups excluding carboxylic acids is 1. The van der Waals surface area contributed by atoms with E-state index in [4.69, 9.17) is 21.1 Å². The summed E-state index contributed by atoms with van der Waals surface area (Å²) in [6, 6.07) is 14.2. The van der Waals surface area contributed by atoms with Crippen LogP contribution in [0, 0.1) is 0 Å². The van der Waals surface area contributed by atoms with Crippen LogP contribution in [-0.2, 0) is 9.53 Å². The molecule has 0 bridgehead atoms. The van der Waals surface area contributed by atoms with Gasteiger partial charge in [0, 0.05) is 5.39 Å². The van der Waals surface area contributed by atoms with Gasteiger partial charge in [-0.3, -0.25) is 4.79 Å². The number of benzene rings is 2. The number of rotatable bonds is 4. The highest BCUT2D eigenvalue weighted by molar-refractivity contribution is 6.29. The lowest BCUT2D eigenvalue weighted by atomic mass is 9.94. The molecule has 0 aromatic heterocycles. The van der Waals surface area contributed by atoms with Crippen LogP contribution in [0.3, 0.4) is 0 Å². The lowest BCUT2D eigenvalue weighted by Gasteiger charge is -2.32. The van der Waals surface area contributed by atoms with Gasteiger partial charge in [0.2, 0.25) is 0 Å². The van der Waals surface area contributed by atoms with Gasteiger partial charge in [-0.25, -0.2) is 0 Å². The summed E-state index contributed by atoms with van der Waals surface area (Å²) in [6.07, 6.45) is 3.50. The van der Waals surface area contributed by atoms with E-state index in [-0.39, 0.29) is 18.2 Å². The van der Waals surface area contributed by atoms with E-state index < -0.39 is 5.38 Å². The second kappa shape index (κ2) is 7.22. The largest absolute Gasteiger partial charge is 0.486 e. The minimum Gasteiger partial charge on any atom is -0.486 e. The van der Waals surface area contributed by atoms with Gasteiger partial charge in [-0.15, -0.1) is 11.6 Å². The van der Waals surface area contributed by atoms with Gasteiger partial charge in [0.15, 0.2) is 0 Å². The van der Waals surface area contributed by atoms with Crippen LogP contribution in [0.15, 0.2) is 42.5 Å². The standard InChI is InChI=1S/C19H21ClO3/c1-13(20)19(21)23-18-11-5-4-10-17(18)22-16-12-6-8-14-7-2-3-9-15(14)16/h2-3,6-9,12-13,17-18H,4-5,10-11H2,1H3/t13-,17-,18-/m0/s1. The third-order valence-electron chi connectivity index (χ3n) is 4.26. The fourth-order valence-corrected chi connectivity index (χ4v) is 3.09. The number of halogens is 1. The molecule has 0 amide bonds. The lowest BCUT2D eigenvalue weighted by molar-refractivity contribution is -0.155. The molecule has 3 rings (SSSR count). The predicted octanol–water partition coefficient (Wildman–Crippen LogP) is 4.70. The van der Waals surface area contributed by atoms with E-state index >= 15 is 0 Å². The number of hydrogen-bond acceptors (Lipinski definition) is 3. The molecule has 2 aromatic rings. The van der Waals surface area contributed by atoms with Crippen molar-refractivity contribution in [2.45, 2.75) is 50.2 Å². The van der Waals surface area contributed by atoms with E-state index in [0.29, 0.717) is 0 Å².